The zero-order valence-electron chi connectivity index (χ0n) is 14.0. The van der Waals surface area contributed by atoms with E-state index in [1.165, 1.54) is 25.0 Å². The molecule has 134 valence electrons. The smallest absolute Gasteiger partial charge is 0.246 e. The Morgan fingerprint density at radius 2 is 1.92 bits per heavy atom. The van der Waals surface area contributed by atoms with Gasteiger partial charge in [0.1, 0.15) is 5.69 Å². The second-order valence-corrected chi connectivity index (χ2v) is 7.42. The lowest BCUT2D eigenvalue weighted by Crippen LogP contribution is -2.16. The molecular weight excluding hydrogens is 368 g/mol. The molecule has 2 aromatic rings. The molecule has 0 fully saturated rings. The minimum Gasteiger partial charge on any atom is -0.481 e. The first-order valence-electron chi connectivity index (χ1n) is 6.85. The highest BCUT2D eigenvalue weighted by Gasteiger charge is 2.21. The lowest BCUT2D eigenvalue weighted by molar-refractivity contribution is 0.364. The molecule has 0 saturated carbocycles. The minimum atomic E-state index is -3.80. The summed E-state index contributed by atoms with van der Waals surface area (Å²) in [5, 5.41) is 13.5. The van der Waals surface area contributed by atoms with E-state index in [0.29, 0.717) is 22.5 Å². The van der Waals surface area contributed by atoms with Crippen LogP contribution >= 0.6 is 11.8 Å². The van der Waals surface area contributed by atoms with Crippen molar-refractivity contribution < 1.29 is 17.9 Å². The van der Waals surface area contributed by atoms with E-state index in [-0.39, 0.29) is 10.8 Å². The Kier molecular flexibility index (Phi) is 5.70. The van der Waals surface area contributed by atoms with Gasteiger partial charge in [-0.15, -0.1) is 0 Å². The second kappa shape index (κ2) is 7.58. The largest absolute Gasteiger partial charge is 0.481 e. The molecule has 2 rings (SSSR count). The number of nitrogens with one attached hydrogen (secondary N) is 1. The van der Waals surface area contributed by atoms with Crippen LogP contribution < -0.4 is 14.2 Å². The van der Waals surface area contributed by atoms with E-state index in [2.05, 4.69) is 19.8 Å². The monoisotopic (exact) mass is 384 g/mol. The highest BCUT2D eigenvalue weighted by Crippen LogP contribution is 2.34. The lowest BCUT2D eigenvalue weighted by atomic mass is 10.4. The third-order valence-corrected chi connectivity index (χ3v) is 4.95. The fourth-order valence-corrected chi connectivity index (χ4v) is 3.54. The number of ether oxygens (including phenoxy) is 2. The van der Waals surface area contributed by atoms with Gasteiger partial charge in [-0.3, -0.25) is 9.40 Å². The SMILES string of the molecule is COc1cc(OC)nc(Sc2nn(C)c(C)c2NS(=O)(=O)CC#N)n1. The summed E-state index contributed by atoms with van der Waals surface area (Å²) in [5.74, 6) is -0.0585. The van der Waals surface area contributed by atoms with Crippen molar-refractivity contribution in [2.75, 3.05) is 24.7 Å². The van der Waals surface area contributed by atoms with Gasteiger partial charge in [-0.05, 0) is 18.7 Å². The standard InChI is InChI=1S/C13H16N6O4S2/c1-8-11(18-25(20,21)6-5-14)12(17-19(8)2)24-13-15-9(22-3)7-10(16-13)23-4/h7,18H,6H2,1-4H3. The normalized spacial score (nSPS) is 11.0. The Morgan fingerprint density at radius 3 is 2.44 bits per heavy atom. The zero-order valence-corrected chi connectivity index (χ0v) is 15.6. The van der Waals surface area contributed by atoms with Crippen molar-refractivity contribution in [2.45, 2.75) is 17.1 Å². The molecule has 0 unspecified atom stereocenters. The van der Waals surface area contributed by atoms with Crippen LogP contribution in [0, 0.1) is 18.3 Å². The van der Waals surface area contributed by atoms with Gasteiger partial charge in [0, 0.05) is 7.05 Å². The van der Waals surface area contributed by atoms with Crippen molar-refractivity contribution in [3.63, 3.8) is 0 Å². The van der Waals surface area contributed by atoms with Gasteiger partial charge in [-0.2, -0.15) is 20.3 Å². The first kappa shape index (κ1) is 18.8. The quantitative estimate of drug-likeness (QED) is 0.693. The van der Waals surface area contributed by atoms with E-state index in [4.69, 9.17) is 14.7 Å². The predicted molar refractivity (Wildman–Crippen MR) is 90.2 cm³/mol. The molecule has 2 aromatic heterocycles. The number of aryl methyl sites for hydroxylation is 1. The Bertz CT molecular complexity index is 897. The van der Waals surface area contributed by atoms with Crippen molar-refractivity contribution in [3.8, 4) is 17.8 Å². The third kappa shape index (κ3) is 4.52. The molecule has 1 N–H and O–H groups in total. The van der Waals surface area contributed by atoms with Gasteiger partial charge in [0.25, 0.3) is 0 Å². The van der Waals surface area contributed by atoms with Crippen molar-refractivity contribution in [1.82, 2.24) is 19.7 Å². The molecular formula is C13H16N6O4S2. The third-order valence-electron chi connectivity index (χ3n) is 3.08. The van der Waals surface area contributed by atoms with Crippen molar-refractivity contribution >= 4 is 27.5 Å². The van der Waals surface area contributed by atoms with E-state index >= 15 is 0 Å². The van der Waals surface area contributed by atoms with E-state index in [1.54, 1.807) is 20.0 Å². The van der Waals surface area contributed by atoms with Gasteiger partial charge in [0.05, 0.1) is 32.0 Å². The van der Waals surface area contributed by atoms with Crippen molar-refractivity contribution in [3.05, 3.63) is 11.8 Å². The van der Waals surface area contributed by atoms with Crippen LogP contribution in [-0.2, 0) is 17.1 Å². The molecule has 0 aliphatic rings. The number of anilines is 1. The maximum Gasteiger partial charge on any atom is 0.246 e. The van der Waals surface area contributed by atoms with Gasteiger partial charge in [0.2, 0.25) is 26.9 Å². The van der Waals surface area contributed by atoms with E-state index in [0.717, 1.165) is 11.8 Å². The summed E-state index contributed by atoms with van der Waals surface area (Å²) in [7, 11) is 0.795. The summed E-state index contributed by atoms with van der Waals surface area (Å²) >= 11 is 1.04. The summed E-state index contributed by atoms with van der Waals surface area (Å²) in [6.07, 6.45) is 0. The van der Waals surface area contributed by atoms with E-state index in [9.17, 15) is 8.42 Å². The Balaban J connectivity index is 2.41. The summed E-state index contributed by atoms with van der Waals surface area (Å²) in [6.45, 7) is 1.70. The van der Waals surface area contributed by atoms with Crippen LogP contribution in [0.4, 0.5) is 5.69 Å². The molecule has 0 saturated heterocycles. The first-order chi connectivity index (χ1) is 11.8. The molecule has 12 heteroatoms. The van der Waals surface area contributed by atoms with Gasteiger partial charge in [-0.1, -0.05) is 0 Å². The van der Waals surface area contributed by atoms with Gasteiger partial charge >= 0.3 is 0 Å². The topological polar surface area (TPSA) is 132 Å². The molecule has 0 amide bonds. The van der Waals surface area contributed by atoms with Gasteiger partial charge < -0.3 is 9.47 Å². The summed E-state index contributed by atoms with van der Waals surface area (Å²) in [6, 6.07) is 3.13. The molecule has 0 radical (unpaired) electrons. The van der Waals surface area contributed by atoms with Crippen LogP contribution in [0.5, 0.6) is 11.8 Å². The van der Waals surface area contributed by atoms with Gasteiger partial charge in [0.15, 0.2) is 10.8 Å². The number of nitrogens with zero attached hydrogens (tertiary/aromatic N) is 5. The predicted octanol–water partition coefficient (Wildman–Crippen LogP) is 0.952. The van der Waals surface area contributed by atoms with Crippen LogP contribution in [0.1, 0.15) is 5.69 Å². The zero-order chi connectivity index (χ0) is 18.6. The fourth-order valence-electron chi connectivity index (χ4n) is 1.77. The van der Waals surface area contributed by atoms with Crippen LogP contribution in [-0.4, -0.2) is 48.1 Å². The van der Waals surface area contributed by atoms with E-state index in [1.807, 2.05) is 0 Å². The number of hydrogen-bond acceptors (Lipinski definition) is 9. The summed E-state index contributed by atoms with van der Waals surface area (Å²) in [5.41, 5.74) is 0.854. The van der Waals surface area contributed by atoms with Crippen LogP contribution in [0.15, 0.2) is 16.2 Å². The highest BCUT2D eigenvalue weighted by atomic mass is 32.2. The number of aromatic nitrogens is 4. The molecule has 10 nitrogen and oxygen atoms in total. The molecule has 0 aliphatic carbocycles. The van der Waals surface area contributed by atoms with Crippen LogP contribution in [0.25, 0.3) is 0 Å². The molecule has 0 aliphatic heterocycles. The highest BCUT2D eigenvalue weighted by molar-refractivity contribution is 7.99. The van der Waals surface area contributed by atoms with Crippen LogP contribution in [0.2, 0.25) is 0 Å². The van der Waals surface area contributed by atoms with Gasteiger partial charge in [-0.25, -0.2) is 8.42 Å². The maximum absolute atomic E-state index is 11.9. The maximum atomic E-state index is 11.9. The van der Waals surface area contributed by atoms with Crippen molar-refractivity contribution in [2.24, 2.45) is 7.05 Å². The molecule has 25 heavy (non-hydrogen) atoms. The van der Waals surface area contributed by atoms with Crippen molar-refractivity contribution in [1.29, 1.82) is 5.26 Å². The Labute approximate surface area is 149 Å². The molecule has 0 atom stereocenters. The number of hydrogen-bond donors (Lipinski definition) is 1. The minimum absolute atomic E-state index is 0.271. The molecule has 0 spiro atoms. The molecule has 2 heterocycles. The van der Waals surface area contributed by atoms with E-state index < -0.39 is 15.8 Å². The molecule has 0 bridgehead atoms. The average Bonchev–Trinajstić information content (AvgIpc) is 2.81. The average molecular weight is 384 g/mol. The number of sulfonamides is 1. The summed E-state index contributed by atoms with van der Waals surface area (Å²) < 4.78 is 37.9. The number of rotatable bonds is 7. The number of methoxy groups -OCH3 is 2. The number of nitriles is 1. The fraction of sp³-hybridized carbons (Fsp3) is 0.385. The Hall–Kier alpha value is -2.52. The lowest BCUT2D eigenvalue weighted by Gasteiger charge is -2.07. The first-order valence-corrected chi connectivity index (χ1v) is 9.32. The molecule has 0 aromatic carbocycles. The Morgan fingerprint density at radius 1 is 1.32 bits per heavy atom. The van der Waals surface area contributed by atoms with Crippen LogP contribution in [0.3, 0.4) is 0 Å². The second-order valence-electron chi connectivity index (χ2n) is 4.75. The summed E-state index contributed by atoms with van der Waals surface area (Å²) in [4.78, 5) is 8.36.